The second-order valence-corrected chi connectivity index (χ2v) is 6.78. The van der Waals surface area contributed by atoms with Crippen LogP contribution in [0, 0.1) is 35.5 Å². The summed E-state index contributed by atoms with van der Waals surface area (Å²) in [6.45, 7) is 0.368. The van der Waals surface area contributed by atoms with Gasteiger partial charge in [0.15, 0.2) is 0 Å². The number of rotatable bonds is 2. The summed E-state index contributed by atoms with van der Waals surface area (Å²) in [6.07, 6.45) is 9.05. The van der Waals surface area contributed by atoms with Gasteiger partial charge < -0.3 is 0 Å². The molecule has 106 valence electrons. The van der Waals surface area contributed by atoms with Crippen LogP contribution in [0.2, 0.25) is 0 Å². The van der Waals surface area contributed by atoms with Crippen molar-refractivity contribution in [1.29, 1.82) is 0 Å². The smallest absolute Gasteiger partial charge is 0.234 e. The molecule has 3 fully saturated rings. The molecule has 4 nitrogen and oxygen atoms in total. The van der Waals surface area contributed by atoms with E-state index in [1.54, 1.807) is 12.4 Å². The lowest BCUT2D eigenvalue weighted by Crippen LogP contribution is -2.40. The maximum atomic E-state index is 12.8. The zero-order valence-electron chi connectivity index (χ0n) is 11.6. The number of nitrogens with zero attached hydrogens (tertiary/aromatic N) is 2. The van der Waals surface area contributed by atoms with Gasteiger partial charge in [-0.3, -0.25) is 19.5 Å². The third kappa shape index (κ3) is 1.42. The second-order valence-electron chi connectivity index (χ2n) is 6.78. The summed E-state index contributed by atoms with van der Waals surface area (Å²) >= 11 is 0. The third-order valence-corrected chi connectivity index (χ3v) is 5.82. The van der Waals surface area contributed by atoms with Gasteiger partial charge in [-0.15, -0.1) is 0 Å². The molecule has 21 heavy (non-hydrogen) atoms. The quantitative estimate of drug-likeness (QED) is 0.611. The molecule has 2 saturated carbocycles. The SMILES string of the molecule is O=C1C2C3C=CC(C4CC34)C2C(=O)N1Cc1cccnc1. The fourth-order valence-electron chi connectivity index (χ4n) is 4.85. The summed E-state index contributed by atoms with van der Waals surface area (Å²) < 4.78 is 0. The van der Waals surface area contributed by atoms with Crippen LogP contribution < -0.4 is 0 Å². The van der Waals surface area contributed by atoms with Gasteiger partial charge in [0.1, 0.15) is 0 Å². The summed E-state index contributed by atoms with van der Waals surface area (Å²) in [5.41, 5.74) is 0.920. The Bertz CT molecular complexity index is 633. The minimum absolute atomic E-state index is 0.0403. The van der Waals surface area contributed by atoms with Crippen LogP contribution in [0.25, 0.3) is 0 Å². The van der Waals surface area contributed by atoms with Gasteiger partial charge in [-0.2, -0.15) is 0 Å². The van der Waals surface area contributed by atoms with Crippen molar-refractivity contribution in [3.63, 3.8) is 0 Å². The van der Waals surface area contributed by atoms with E-state index in [1.165, 1.54) is 11.3 Å². The lowest BCUT2D eigenvalue weighted by Gasteiger charge is -2.37. The third-order valence-electron chi connectivity index (χ3n) is 5.82. The van der Waals surface area contributed by atoms with Gasteiger partial charge in [0.2, 0.25) is 11.8 Å². The van der Waals surface area contributed by atoms with Gasteiger partial charge in [0.05, 0.1) is 18.4 Å². The summed E-state index contributed by atoms with van der Waals surface area (Å²) in [5.74, 6) is 1.84. The van der Waals surface area contributed by atoms with E-state index in [0.717, 1.165) is 5.56 Å². The van der Waals surface area contributed by atoms with E-state index in [0.29, 0.717) is 30.2 Å². The molecule has 6 unspecified atom stereocenters. The molecule has 1 aromatic rings. The maximum Gasteiger partial charge on any atom is 0.234 e. The van der Waals surface area contributed by atoms with Crippen molar-refractivity contribution in [2.75, 3.05) is 0 Å². The zero-order valence-corrected chi connectivity index (χ0v) is 11.6. The first-order valence-electron chi connectivity index (χ1n) is 7.68. The van der Waals surface area contributed by atoms with Gasteiger partial charge in [0.25, 0.3) is 0 Å². The Hall–Kier alpha value is -1.97. The van der Waals surface area contributed by atoms with E-state index in [1.807, 2.05) is 12.1 Å². The molecule has 1 aromatic heterocycles. The second kappa shape index (κ2) is 3.81. The predicted molar refractivity (Wildman–Crippen MR) is 74.5 cm³/mol. The topological polar surface area (TPSA) is 50.3 Å². The maximum absolute atomic E-state index is 12.8. The molecule has 2 amide bonds. The molecule has 0 aromatic carbocycles. The van der Waals surface area contributed by atoms with Crippen LogP contribution >= 0.6 is 0 Å². The highest BCUT2D eigenvalue weighted by Crippen LogP contribution is 2.65. The average molecular weight is 280 g/mol. The van der Waals surface area contributed by atoms with Crippen LogP contribution in [0.15, 0.2) is 36.7 Å². The predicted octanol–water partition coefficient (Wildman–Crippen LogP) is 1.63. The van der Waals surface area contributed by atoms with Gasteiger partial charge in [-0.05, 0) is 41.7 Å². The highest BCUT2D eigenvalue weighted by molar-refractivity contribution is 6.06. The molecular formula is C17H16N2O2. The fourth-order valence-corrected chi connectivity index (χ4v) is 4.85. The zero-order chi connectivity index (χ0) is 14.1. The molecule has 1 aliphatic heterocycles. The van der Waals surface area contributed by atoms with Crippen LogP contribution in [0.5, 0.6) is 0 Å². The standard InChI is InChI=1S/C17H16N2O2/c20-16-14-10-3-4-11(13-6-12(10)13)15(14)17(21)19(16)8-9-2-1-5-18-7-9/h1-5,7,10-15H,6,8H2. The Morgan fingerprint density at radius 3 is 2.33 bits per heavy atom. The van der Waals surface area contributed by atoms with Crippen LogP contribution in [0.4, 0.5) is 0 Å². The number of carbonyl (C=O) groups is 2. The normalized spacial score (nSPS) is 42.2. The molecule has 0 radical (unpaired) electrons. The number of allylic oxidation sites excluding steroid dienone is 2. The van der Waals surface area contributed by atoms with Crippen LogP contribution in [0.3, 0.4) is 0 Å². The van der Waals surface area contributed by atoms with Crippen molar-refractivity contribution in [2.24, 2.45) is 35.5 Å². The molecular weight excluding hydrogens is 264 g/mol. The van der Waals surface area contributed by atoms with Crippen molar-refractivity contribution < 1.29 is 9.59 Å². The van der Waals surface area contributed by atoms with Gasteiger partial charge in [-0.25, -0.2) is 0 Å². The number of hydrogen-bond donors (Lipinski definition) is 0. The number of likely N-dealkylation sites (tertiary alicyclic amines) is 1. The first-order chi connectivity index (χ1) is 10.3. The number of hydrogen-bond acceptors (Lipinski definition) is 3. The summed E-state index contributed by atoms with van der Waals surface area (Å²) in [4.78, 5) is 31.1. The van der Waals surface area contributed by atoms with Crippen molar-refractivity contribution in [1.82, 2.24) is 9.88 Å². The van der Waals surface area contributed by atoms with Crippen molar-refractivity contribution >= 4 is 11.8 Å². The van der Waals surface area contributed by atoms with E-state index in [9.17, 15) is 9.59 Å². The highest BCUT2D eigenvalue weighted by Gasteiger charge is 2.66. The van der Waals surface area contributed by atoms with Gasteiger partial charge in [-0.1, -0.05) is 18.2 Å². The molecule has 6 rings (SSSR count). The largest absolute Gasteiger partial charge is 0.278 e. The Kier molecular flexibility index (Phi) is 2.12. The Morgan fingerprint density at radius 1 is 1.10 bits per heavy atom. The van der Waals surface area contributed by atoms with E-state index >= 15 is 0 Å². The number of amides is 2. The van der Waals surface area contributed by atoms with E-state index in [-0.39, 0.29) is 23.7 Å². The molecule has 1 saturated heterocycles. The van der Waals surface area contributed by atoms with E-state index in [2.05, 4.69) is 17.1 Å². The summed E-state index contributed by atoms with van der Waals surface area (Å²) in [6, 6.07) is 3.76. The monoisotopic (exact) mass is 280 g/mol. The molecule has 0 N–H and O–H groups in total. The molecule has 2 bridgehead atoms. The molecule has 5 aliphatic rings. The number of aromatic nitrogens is 1. The van der Waals surface area contributed by atoms with Crippen molar-refractivity contribution in [2.45, 2.75) is 13.0 Å². The molecule has 4 heteroatoms. The molecule has 0 spiro atoms. The lowest BCUT2D eigenvalue weighted by atomic mass is 9.63. The summed E-state index contributed by atoms with van der Waals surface area (Å²) in [5, 5.41) is 0. The van der Waals surface area contributed by atoms with Crippen molar-refractivity contribution in [3.05, 3.63) is 42.2 Å². The van der Waals surface area contributed by atoms with Crippen LogP contribution in [-0.4, -0.2) is 21.7 Å². The molecule has 2 heterocycles. The first-order valence-corrected chi connectivity index (χ1v) is 7.68. The Morgan fingerprint density at radius 2 is 1.76 bits per heavy atom. The molecule has 6 atom stereocenters. The van der Waals surface area contributed by atoms with Crippen LogP contribution in [-0.2, 0) is 16.1 Å². The number of carbonyl (C=O) groups excluding carboxylic acids is 2. The van der Waals surface area contributed by atoms with Crippen LogP contribution in [0.1, 0.15) is 12.0 Å². The minimum atomic E-state index is -0.0899. The Labute approximate surface area is 122 Å². The number of pyridine rings is 1. The first kappa shape index (κ1) is 11.7. The summed E-state index contributed by atoms with van der Waals surface area (Å²) in [7, 11) is 0. The average Bonchev–Trinajstić information content (AvgIpc) is 3.30. The van der Waals surface area contributed by atoms with E-state index in [4.69, 9.17) is 0 Å². The number of imide groups is 1. The minimum Gasteiger partial charge on any atom is -0.278 e. The highest BCUT2D eigenvalue weighted by atomic mass is 16.2. The van der Waals surface area contributed by atoms with E-state index < -0.39 is 0 Å². The Balaban J connectivity index is 1.49. The molecule has 4 aliphatic carbocycles. The van der Waals surface area contributed by atoms with Gasteiger partial charge in [0, 0.05) is 12.4 Å². The fraction of sp³-hybridized carbons (Fsp3) is 0.471. The van der Waals surface area contributed by atoms with Crippen molar-refractivity contribution in [3.8, 4) is 0 Å². The lowest BCUT2D eigenvalue weighted by molar-refractivity contribution is -0.140. The van der Waals surface area contributed by atoms with Gasteiger partial charge >= 0.3 is 0 Å².